The molecule has 0 aromatic rings. The largest absolute Gasteiger partial charge is 0.462 e. The van der Waals surface area contributed by atoms with Crippen LogP contribution in [0.4, 0.5) is 0 Å². The van der Waals surface area contributed by atoms with Crippen LogP contribution in [-0.2, 0) is 19.1 Å². The Kier molecular flexibility index (Phi) is 52.5. The van der Waals surface area contributed by atoms with Crippen molar-refractivity contribution in [2.45, 2.75) is 238 Å². The standard InChI is InChI=1S/C61H100O5/c1-3-5-7-9-11-13-15-17-19-21-23-25-27-29-30-32-34-36-38-40-42-44-46-48-50-52-54-56-61(64)66-59(57-62)58-65-60(63)55-53-51-49-47-45-43-41-39-37-35-33-31-28-26-24-22-20-18-16-14-12-10-8-6-4-2/h5-8,11-14,17-20,23-26,29-31,33,59,62H,3-4,9-10,15-16,21-22,27-28,32,34-58H2,1-2H3/b7-5-,8-6-,13-11-,14-12-,19-17-,20-18-,25-23-,26-24-,30-29-,33-31-. The molecule has 0 rings (SSSR count). The molecule has 5 heteroatoms. The van der Waals surface area contributed by atoms with E-state index in [1.165, 1.54) is 103 Å². The summed E-state index contributed by atoms with van der Waals surface area (Å²) >= 11 is 0. The van der Waals surface area contributed by atoms with Gasteiger partial charge in [-0.05, 0) is 103 Å². The Bertz CT molecular complexity index is 1350. The van der Waals surface area contributed by atoms with E-state index in [1.54, 1.807) is 0 Å². The van der Waals surface area contributed by atoms with Crippen molar-refractivity contribution in [3.63, 3.8) is 0 Å². The molecule has 0 fully saturated rings. The molecule has 0 aliphatic carbocycles. The zero-order valence-corrected chi connectivity index (χ0v) is 42.7. The third-order valence-electron chi connectivity index (χ3n) is 11.3. The Morgan fingerprint density at radius 1 is 0.348 bits per heavy atom. The quantitative estimate of drug-likeness (QED) is 0.0374. The SMILES string of the molecule is CC/C=C\C/C=C\C/C=C\C/C=C\C/C=C\CCCCCCCCCCCCCC(=O)OC(CO)COC(=O)CCCCCCCCCCC/C=C\C/C=C\C/C=C\C/C=C\C/C=C\CC. The molecule has 0 saturated heterocycles. The average molecular weight is 913 g/mol. The van der Waals surface area contributed by atoms with Gasteiger partial charge in [0.05, 0.1) is 6.61 Å². The number of ether oxygens (including phenoxy) is 2. The first kappa shape index (κ1) is 62.3. The van der Waals surface area contributed by atoms with Crippen LogP contribution in [0.3, 0.4) is 0 Å². The Morgan fingerprint density at radius 3 is 0.909 bits per heavy atom. The smallest absolute Gasteiger partial charge is 0.306 e. The first-order valence-electron chi connectivity index (χ1n) is 27.1. The van der Waals surface area contributed by atoms with Gasteiger partial charge >= 0.3 is 11.9 Å². The fraction of sp³-hybridized carbons (Fsp3) is 0.639. The van der Waals surface area contributed by atoms with Gasteiger partial charge in [0.15, 0.2) is 6.10 Å². The highest BCUT2D eigenvalue weighted by molar-refractivity contribution is 5.70. The van der Waals surface area contributed by atoms with E-state index in [4.69, 9.17) is 9.47 Å². The molecular formula is C61H100O5. The van der Waals surface area contributed by atoms with Gasteiger partial charge < -0.3 is 14.6 Å². The van der Waals surface area contributed by atoms with Crippen LogP contribution in [-0.4, -0.2) is 36.4 Å². The number of rotatable bonds is 48. The predicted octanol–water partition coefficient (Wildman–Crippen LogP) is 18.3. The molecule has 1 unspecified atom stereocenters. The van der Waals surface area contributed by atoms with Crippen molar-refractivity contribution in [1.82, 2.24) is 0 Å². The maximum absolute atomic E-state index is 12.3. The Hall–Kier alpha value is -3.70. The fourth-order valence-electron chi connectivity index (χ4n) is 7.26. The summed E-state index contributed by atoms with van der Waals surface area (Å²) < 4.78 is 10.7. The number of esters is 2. The molecule has 0 aromatic carbocycles. The summed E-state index contributed by atoms with van der Waals surface area (Å²) in [6.07, 6.45) is 81.5. The van der Waals surface area contributed by atoms with Crippen molar-refractivity contribution >= 4 is 11.9 Å². The second-order valence-corrected chi connectivity index (χ2v) is 17.5. The van der Waals surface area contributed by atoms with Crippen LogP contribution in [0.15, 0.2) is 122 Å². The van der Waals surface area contributed by atoms with Crippen molar-refractivity contribution in [3.8, 4) is 0 Å². The number of aliphatic hydroxyl groups excluding tert-OH is 1. The molecule has 0 spiro atoms. The summed E-state index contributed by atoms with van der Waals surface area (Å²) in [7, 11) is 0. The first-order valence-corrected chi connectivity index (χ1v) is 27.1. The zero-order chi connectivity index (χ0) is 47.7. The number of unbranched alkanes of at least 4 members (excludes halogenated alkanes) is 20. The number of carbonyl (C=O) groups is 2. The molecule has 0 radical (unpaired) electrons. The van der Waals surface area contributed by atoms with Crippen LogP contribution in [0.25, 0.3) is 0 Å². The summed E-state index contributed by atoms with van der Waals surface area (Å²) in [5, 5.41) is 9.65. The molecule has 0 aliphatic heterocycles. The van der Waals surface area contributed by atoms with Crippen molar-refractivity contribution in [2.24, 2.45) is 0 Å². The number of hydrogen-bond acceptors (Lipinski definition) is 5. The molecule has 0 aliphatic rings. The van der Waals surface area contributed by atoms with Gasteiger partial charge in [-0.15, -0.1) is 0 Å². The Labute approximate surface area is 407 Å². The van der Waals surface area contributed by atoms with Crippen LogP contribution < -0.4 is 0 Å². The van der Waals surface area contributed by atoms with Gasteiger partial charge in [0, 0.05) is 12.8 Å². The zero-order valence-electron chi connectivity index (χ0n) is 42.7. The minimum absolute atomic E-state index is 0.0769. The number of carbonyl (C=O) groups excluding carboxylic acids is 2. The average Bonchev–Trinajstić information content (AvgIpc) is 3.32. The number of hydrogen-bond donors (Lipinski definition) is 1. The topological polar surface area (TPSA) is 72.8 Å². The Morgan fingerprint density at radius 2 is 0.606 bits per heavy atom. The van der Waals surface area contributed by atoms with Gasteiger partial charge in [0.1, 0.15) is 6.61 Å². The van der Waals surface area contributed by atoms with E-state index in [0.717, 1.165) is 103 Å². The molecular weight excluding hydrogens is 813 g/mol. The van der Waals surface area contributed by atoms with Gasteiger partial charge in [0.2, 0.25) is 0 Å². The summed E-state index contributed by atoms with van der Waals surface area (Å²) in [5.41, 5.74) is 0. The van der Waals surface area contributed by atoms with Gasteiger partial charge in [0.25, 0.3) is 0 Å². The highest BCUT2D eigenvalue weighted by Crippen LogP contribution is 2.15. The summed E-state index contributed by atoms with van der Waals surface area (Å²) in [5.74, 6) is -0.606. The summed E-state index contributed by atoms with van der Waals surface area (Å²) in [6.45, 7) is 3.91. The van der Waals surface area contributed by atoms with E-state index in [1.807, 2.05) is 0 Å². The Balaban J connectivity index is 3.56. The molecule has 66 heavy (non-hydrogen) atoms. The van der Waals surface area contributed by atoms with Gasteiger partial charge in [-0.2, -0.15) is 0 Å². The molecule has 0 saturated carbocycles. The minimum atomic E-state index is -0.786. The predicted molar refractivity (Wildman–Crippen MR) is 288 cm³/mol. The van der Waals surface area contributed by atoms with E-state index < -0.39 is 6.10 Å². The lowest BCUT2D eigenvalue weighted by molar-refractivity contribution is -0.161. The molecule has 1 atom stereocenters. The normalized spacial score (nSPS) is 13.2. The van der Waals surface area contributed by atoms with Crippen LogP contribution in [0, 0.1) is 0 Å². The lowest BCUT2D eigenvalue weighted by Crippen LogP contribution is -2.28. The first-order chi connectivity index (χ1) is 32.6. The number of aliphatic hydroxyl groups is 1. The van der Waals surface area contributed by atoms with Crippen molar-refractivity contribution in [3.05, 3.63) is 122 Å². The van der Waals surface area contributed by atoms with Gasteiger partial charge in [-0.25, -0.2) is 0 Å². The van der Waals surface area contributed by atoms with Crippen LogP contribution >= 0.6 is 0 Å². The summed E-state index contributed by atoms with van der Waals surface area (Å²) in [6, 6.07) is 0. The fourth-order valence-corrected chi connectivity index (χ4v) is 7.26. The van der Waals surface area contributed by atoms with Crippen molar-refractivity contribution in [2.75, 3.05) is 13.2 Å². The lowest BCUT2D eigenvalue weighted by atomic mass is 10.0. The summed E-state index contributed by atoms with van der Waals surface area (Å²) in [4.78, 5) is 24.5. The molecule has 1 N–H and O–H groups in total. The second-order valence-electron chi connectivity index (χ2n) is 17.5. The monoisotopic (exact) mass is 913 g/mol. The molecule has 0 bridgehead atoms. The van der Waals surface area contributed by atoms with Crippen LogP contribution in [0.5, 0.6) is 0 Å². The van der Waals surface area contributed by atoms with Gasteiger partial charge in [-0.1, -0.05) is 238 Å². The highest BCUT2D eigenvalue weighted by atomic mass is 16.6. The van der Waals surface area contributed by atoms with Crippen LogP contribution in [0.2, 0.25) is 0 Å². The number of allylic oxidation sites excluding steroid dienone is 20. The highest BCUT2D eigenvalue weighted by Gasteiger charge is 2.16. The van der Waals surface area contributed by atoms with E-state index in [-0.39, 0.29) is 25.2 Å². The van der Waals surface area contributed by atoms with E-state index in [2.05, 4.69) is 135 Å². The van der Waals surface area contributed by atoms with E-state index in [0.29, 0.717) is 12.8 Å². The third kappa shape index (κ3) is 52.9. The van der Waals surface area contributed by atoms with E-state index >= 15 is 0 Å². The second kappa shape index (κ2) is 55.6. The van der Waals surface area contributed by atoms with Crippen LogP contribution in [0.1, 0.15) is 232 Å². The molecule has 5 nitrogen and oxygen atoms in total. The molecule has 0 heterocycles. The molecule has 0 amide bonds. The van der Waals surface area contributed by atoms with E-state index in [9.17, 15) is 14.7 Å². The third-order valence-corrected chi connectivity index (χ3v) is 11.3. The molecule has 0 aromatic heterocycles. The minimum Gasteiger partial charge on any atom is -0.462 e. The van der Waals surface area contributed by atoms with Gasteiger partial charge in [-0.3, -0.25) is 9.59 Å². The lowest BCUT2D eigenvalue weighted by Gasteiger charge is -2.15. The maximum Gasteiger partial charge on any atom is 0.306 e. The maximum atomic E-state index is 12.3. The van der Waals surface area contributed by atoms with Crippen molar-refractivity contribution < 1.29 is 24.2 Å². The molecule has 374 valence electrons. The van der Waals surface area contributed by atoms with Crippen molar-refractivity contribution in [1.29, 1.82) is 0 Å².